The molecule has 1 heterocycles. The minimum absolute atomic E-state index is 0.177. The Hall–Kier alpha value is -1.40. The van der Waals surface area contributed by atoms with Gasteiger partial charge in [0.15, 0.2) is 6.29 Å². The van der Waals surface area contributed by atoms with Crippen LogP contribution >= 0.6 is 0 Å². The number of nitrogens with one attached hydrogen (secondary N) is 1. The van der Waals surface area contributed by atoms with E-state index < -0.39 is 6.29 Å². The van der Waals surface area contributed by atoms with E-state index in [0.29, 0.717) is 13.2 Å². The summed E-state index contributed by atoms with van der Waals surface area (Å²) in [5.41, 5.74) is -0.615. The maximum Gasteiger partial charge on any atom is 0.265 e. The van der Waals surface area contributed by atoms with Crippen LogP contribution in [0.3, 0.4) is 0 Å². The number of ether oxygens (including phenoxy) is 2. The SMILES string of the molecule is CCOC(Cn1[nH]c(=O)ccc1=O)OCC. The summed E-state index contributed by atoms with van der Waals surface area (Å²) in [5, 5.41) is 2.41. The van der Waals surface area contributed by atoms with Crippen LogP contribution in [0.15, 0.2) is 21.7 Å². The standard InChI is InChI=1S/C10H16N2O4/c1-3-15-10(16-4-2)7-12-9(14)6-5-8(13)11-12/h5-6,10H,3-4,7H2,1-2H3,(H,11,13). The highest BCUT2D eigenvalue weighted by molar-refractivity contribution is 4.85. The van der Waals surface area contributed by atoms with Gasteiger partial charge in [-0.2, -0.15) is 0 Å². The maximum atomic E-state index is 11.4. The summed E-state index contributed by atoms with van der Waals surface area (Å²) in [6.07, 6.45) is -0.522. The molecule has 0 spiro atoms. The van der Waals surface area contributed by atoms with Gasteiger partial charge < -0.3 is 9.47 Å². The minimum Gasteiger partial charge on any atom is -0.351 e. The van der Waals surface area contributed by atoms with Gasteiger partial charge in [0.25, 0.3) is 11.1 Å². The third kappa shape index (κ3) is 3.63. The van der Waals surface area contributed by atoms with Crippen molar-refractivity contribution in [2.24, 2.45) is 0 Å². The van der Waals surface area contributed by atoms with E-state index in [1.807, 2.05) is 13.8 Å². The van der Waals surface area contributed by atoms with Gasteiger partial charge >= 0.3 is 0 Å². The molecule has 0 saturated carbocycles. The largest absolute Gasteiger partial charge is 0.351 e. The topological polar surface area (TPSA) is 73.3 Å². The molecule has 0 atom stereocenters. The fourth-order valence-electron chi connectivity index (χ4n) is 1.27. The van der Waals surface area contributed by atoms with Crippen molar-refractivity contribution in [3.05, 3.63) is 32.8 Å². The van der Waals surface area contributed by atoms with Crippen molar-refractivity contribution in [1.82, 2.24) is 9.78 Å². The van der Waals surface area contributed by atoms with Gasteiger partial charge in [0, 0.05) is 25.3 Å². The molecule has 16 heavy (non-hydrogen) atoms. The third-order valence-electron chi connectivity index (χ3n) is 1.93. The van der Waals surface area contributed by atoms with Gasteiger partial charge in [-0.3, -0.25) is 14.7 Å². The van der Waals surface area contributed by atoms with Crippen LogP contribution in [-0.4, -0.2) is 29.3 Å². The molecule has 0 radical (unpaired) electrons. The lowest BCUT2D eigenvalue weighted by Crippen LogP contribution is -2.34. The number of nitrogens with zero attached hydrogens (tertiary/aromatic N) is 1. The molecule has 6 nitrogen and oxygen atoms in total. The zero-order chi connectivity index (χ0) is 12.0. The summed E-state index contributed by atoms with van der Waals surface area (Å²) in [7, 11) is 0. The van der Waals surface area contributed by atoms with Crippen molar-refractivity contribution in [2.75, 3.05) is 13.2 Å². The minimum atomic E-state index is -0.522. The van der Waals surface area contributed by atoms with Crippen molar-refractivity contribution in [2.45, 2.75) is 26.7 Å². The van der Waals surface area contributed by atoms with Gasteiger partial charge in [-0.1, -0.05) is 0 Å². The average molecular weight is 228 g/mol. The lowest BCUT2D eigenvalue weighted by molar-refractivity contribution is -0.145. The van der Waals surface area contributed by atoms with E-state index in [4.69, 9.17) is 9.47 Å². The Kier molecular flexibility index (Phi) is 4.94. The molecule has 1 rings (SSSR count). The molecule has 1 N–H and O–H groups in total. The summed E-state index contributed by atoms with van der Waals surface area (Å²) in [4.78, 5) is 22.4. The van der Waals surface area contributed by atoms with E-state index in [1.54, 1.807) is 0 Å². The smallest absolute Gasteiger partial charge is 0.265 e. The van der Waals surface area contributed by atoms with Crippen molar-refractivity contribution >= 4 is 0 Å². The molecule has 90 valence electrons. The van der Waals surface area contributed by atoms with Gasteiger partial charge in [-0.15, -0.1) is 0 Å². The molecular formula is C10H16N2O4. The van der Waals surface area contributed by atoms with Crippen molar-refractivity contribution < 1.29 is 9.47 Å². The van der Waals surface area contributed by atoms with E-state index >= 15 is 0 Å². The monoisotopic (exact) mass is 228 g/mol. The summed E-state index contributed by atoms with van der Waals surface area (Å²) in [6.45, 7) is 4.81. The predicted octanol–water partition coefficient (Wildman–Crippen LogP) is -0.0643. The first-order chi connectivity index (χ1) is 7.67. The predicted molar refractivity (Wildman–Crippen MR) is 58.4 cm³/mol. The van der Waals surface area contributed by atoms with E-state index in [0.717, 1.165) is 0 Å². The maximum absolute atomic E-state index is 11.4. The van der Waals surface area contributed by atoms with Crippen LogP contribution in [-0.2, 0) is 16.0 Å². The number of rotatable bonds is 6. The second-order valence-corrected chi connectivity index (χ2v) is 3.10. The molecule has 0 aliphatic rings. The van der Waals surface area contributed by atoms with Gasteiger partial charge in [0.2, 0.25) is 0 Å². The molecule has 0 aromatic carbocycles. The third-order valence-corrected chi connectivity index (χ3v) is 1.93. The second-order valence-electron chi connectivity index (χ2n) is 3.10. The van der Waals surface area contributed by atoms with E-state index in [2.05, 4.69) is 5.10 Å². The molecule has 0 bridgehead atoms. The van der Waals surface area contributed by atoms with Gasteiger partial charge in [-0.25, -0.2) is 4.68 Å². The highest BCUT2D eigenvalue weighted by Gasteiger charge is 2.09. The van der Waals surface area contributed by atoms with Gasteiger partial charge in [-0.05, 0) is 13.8 Å². The quantitative estimate of drug-likeness (QED) is 0.692. The van der Waals surface area contributed by atoms with Gasteiger partial charge in [0.1, 0.15) is 0 Å². The van der Waals surface area contributed by atoms with E-state index in [-0.39, 0.29) is 17.7 Å². The van der Waals surface area contributed by atoms with Crippen molar-refractivity contribution in [3.63, 3.8) is 0 Å². The molecule has 0 aliphatic carbocycles. The second kappa shape index (κ2) is 6.24. The zero-order valence-corrected chi connectivity index (χ0v) is 9.43. The first kappa shape index (κ1) is 12.7. The van der Waals surface area contributed by atoms with Crippen LogP contribution in [0.25, 0.3) is 0 Å². The Morgan fingerprint density at radius 3 is 2.44 bits per heavy atom. The van der Waals surface area contributed by atoms with Crippen LogP contribution in [0.2, 0.25) is 0 Å². The molecule has 0 saturated heterocycles. The van der Waals surface area contributed by atoms with E-state index in [9.17, 15) is 9.59 Å². The van der Waals surface area contributed by atoms with Gasteiger partial charge in [0.05, 0.1) is 6.54 Å². The highest BCUT2D eigenvalue weighted by Crippen LogP contribution is 1.96. The molecule has 1 aromatic rings. The summed E-state index contributed by atoms with van der Waals surface area (Å²) >= 11 is 0. The molecular weight excluding hydrogens is 212 g/mol. The fourth-order valence-corrected chi connectivity index (χ4v) is 1.27. The molecule has 0 aliphatic heterocycles. The molecule has 1 aromatic heterocycles. The number of hydrogen-bond donors (Lipinski definition) is 1. The summed E-state index contributed by atoms with van der Waals surface area (Å²) in [5.74, 6) is 0. The van der Waals surface area contributed by atoms with Crippen molar-refractivity contribution in [1.29, 1.82) is 0 Å². The van der Waals surface area contributed by atoms with E-state index in [1.165, 1.54) is 16.8 Å². The zero-order valence-electron chi connectivity index (χ0n) is 9.43. The Morgan fingerprint density at radius 1 is 1.25 bits per heavy atom. The number of aromatic amines is 1. The number of H-pyrrole nitrogens is 1. The molecule has 0 amide bonds. The summed E-state index contributed by atoms with van der Waals surface area (Å²) in [6, 6.07) is 2.41. The Balaban J connectivity index is 2.79. The fraction of sp³-hybridized carbons (Fsp3) is 0.600. The van der Waals surface area contributed by atoms with Crippen LogP contribution in [0.5, 0.6) is 0 Å². The van der Waals surface area contributed by atoms with Crippen LogP contribution in [0, 0.1) is 0 Å². The van der Waals surface area contributed by atoms with Crippen LogP contribution < -0.4 is 11.1 Å². The number of aromatic nitrogens is 2. The molecule has 0 unspecified atom stereocenters. The lowest BCUT2D eigenvalue weighted by Gasteiger charge is -2.17. The highest BCUT2D eigenvalue weighted by atomic mass is 16.7. The van der Waals surface area contributed by atoms with Crippen LogP contribution in [0.1, 0.15) is 13.8 Å². The van der Waals surface area contributed by atoms with Crippen molar-refractivity contribution in [3.8, 4) is 0 Å². The molecule has 0 fully saturated rings. The Morgan fingerprint density at radius 2 is 1.88 bits per heavy atom. The average Bonchev–Trinajstić information content (AvgIpc) is 2.24. The van der Waals surface area contributed by atoms with Crippen LogP contribution in [0.4, 0.5) is 0 Å². The normalized spacial score (nSPS) is 10.9. The summed E-state index contributed by atoms with van der Waals surface area (Å²) < 4.78 is 11.7. The lowest BCUT2D eigenvalue weighted by atomic mass is 10.5. The number of hydrogen-bond acceptors (Lipinski definition) is 4. The first-order valence-corrected chi connectivity index (χ1v) is 5.20. The molecule has 6 heteroatoms. The first-order valence-electron chi connectivity index (χ1n) is 5.20. The Bertz CT molecular complexity index is 417. The Labute approximate surface area is 92.8 Å².